The summed E-state index contributed by atoms with van der Waals surface area (Å²) in [6, 6.07) is 11.8. The normalized spacial score (nSPS) is 23.8. The summed E-state index contributed by atoms with van der Waals surface area (Å²) < 4.78 is 0. The van der Waals surface area contributed by atoms with Gasteiger partial charge in [0.05, 0.1) is 47.4 Å². The fourth-order valence-electron chi connectivity index (χ4n) is 6.13. The van der Waals surface area contributed by atoms with Gasteiger partial charge in [-0.05, 0) is 49.9 Å². The smallest absolute Gasteiger partial charge is 0.357 e. The highest BCUT2D eigenvalue weighted by Crippen LogP contribution is 2.29. The van der Waals surface area contributed by atoms with Crippen LogP contribution in [0.5, 0.6) is 0 Å². The average molecular weight is 607 g/mol. The highest BCUT2D eigenvalue weighted by molar-refractivity contribution is 6.22. The predicted octanol–water partition coefficient (Wildman–Crippen LogP) is 0.146. The van der Waals surface area contributed by atoms with E-state index in [0.717, 1.165) is 9.80 Å². The van der Waals surface area contributed by atoms with E-state index in [1.165, 1.54) is 10.1 Å². The summed E-state index contributed by atoms with van der Waals surface area (Å²) in [5.41, 5.74) is 1.19. The van der Waals surface area contributed by atoms with E-state index in [-0.39, 0.29) is 26.2 Å². The molecule has 0 saturated carbocycles. The first-order valence-electron chi connectivity index (χ1n) is 14.4. The Morgan fingerprint density at radius 3 is 1.25 bits per heavy atom. The van der Waals surface area contributed by atoms with Crippen molar-refractivity contribution in [1.82, 2.24) is 19.9 Å². The molecule has 2 unspecified atom stereocenters. The van der Waals surface area contributed by atoms with E-state index < -0.39 is 59.9 Å². The lowest BCUT2D eigenvalue weighted by atomic mass is 10.1. The van der Waals surface area contributed by atoms with Gasteiger partial charge in [-0.3, -0.25) is 29.0 Å². The zero-order chi connectivity index (χ0) is 31.1. The fraction of sp³-hybridized carbons (Fsp3) is 0.400. The number of rotatable bonds is 7. The molecule has 0 aromatic heterocycles. The van der Waals surface area contributed by atoms with Crippen LogP contribution in [0.2, 0.25) is 0 Å². The van der Waals surface area contributed by atoms with Crippen molar-refractivity contribution in [2.75, 3.05) is 26.2 Å². The first-order chi connectivity index (χ1) is 21.2. The van der Waals surface area contributed by atoms with Crippen LogP contribution in [0, 0.1) is 0 Å². The Hall–Kier alpha value is -4.50. The third-order valence-electron chi connectivity index (χ3n) is 8.32. The molecule has 14 nitrogen and oxygen atoms in total. The zero-order valence-corrected chi connectivity index (χ0v) is 23.5. The van der Waals surface area contributed by atoms with Crippen LogP contribution in [0.1, 0.15) is 67.1 Å². The predicted molar refractivity (Wildman–Crippen MR) is 147 cm³/mol. The van der Waals surface area contributed by atoms with Gasteiger partial charge in [-0.2, -0.15) is 0 Å². The molecule has 2 saturated heterocycles. The molecule has 4 atom stereocenters. The third kappa shape index (κ3) is 5.26. The van der Waals surface area contributed by atoms with Crippen molar-refractivity contribution >= 4 is 35.6 Å². The van der Waals surface area contributed by atoms with E-state index >= 15 is 0 Å². The number of carbonyl (C=O) groups is 6. The molecule has 2 fully saturated rings. The molecule has 4 heterocycles. The molecule has 230 valence electrons. The molecule has 2 N–H and O–H groups in total. The Kier molecular flexibility index (Phi) is 7.98. The summed E-state index contributed by atoms with van der Waals surface area (Å²) in [6.45, 7) is 0.451. The minimum atomic E-state index is -2.29. The van der Waals surface area contributed by atoms with Gasteiger partial charge < -0.3 is 19.9 Å². The Morgan fingerprint density at radius 2 is 0.932 bits per heavy atom. The van der Waals surface area contributed by atoms with Gasteiger partial charge in [-0.1, -0.05) is 24.3 Å². The van der Waals surface area contributed by atoms with Gasteiger partial charge >= 0.3 is 11.9 Å². The van der Waals surface area contributed by atoms with Gasteiger partial charge in [0.1, 0.15) is 0 Å². The van der Waals surface area contributed by atoms with Crippen LogP contribution in [0.25, 0.3) is 0 Å². The second-order valence-corrected chi connectivity index (χ2v) is 11.1. The largest absolute Gasteiger partial charge is 0.379 e. The monoisotopic (exact) mass is 606 g/mol. The van der Waals surface area contributed by atoms with E-state index in [9.17, 15) is 39.0 Å². The van der Waals surface area contributed by atoms with E-state index in [0.29, 0.717) is 47.9 Å². The number of imide groups is 2. The summed E-state index contributed by atoms with van der Waals surface area (Å²) in [6.07, 6.45) is -2.69. The molecule has 14 heteroatoms. The van der Waals surface area contributed by atoms with Gasteiger partial charge in [-0.15, -0.1) is 10.1 Å². The van der Waals surface area contributed by atoms with Gasteiger partial charge in [0, 0.05) is 13.1 Å². The lowest BCUT2D eigenvalue weighted by Crippen LogP contribution is -2.53. The maximum absolute atomic E-state index is 12.9. The Labute approximate surface area is 251 Å². The van der Waals surface area contributed by atoms with Gasteiger partial charge in [0.2, 0.25) is 0 Å². The van der Waals surface area contributed by atoms with Crippen LogP contribution in [0.15, 0.2) is 48.5 Å². The van der Waals surface area contributed by atoms with Crippen molar-refractivity contribution in [2.24, 2.45) is 0 Å². The molecule has 0 aliphatic carbocycles. The maximum atomic E-state index is 12.9. The number of aliphatic hydroxyl groups excluding tert-OH is 2. The zero-order valence-electron chi connectivity index (χ0n) is 23.5. The molecule has 0 spiro atoms. The summed E-state index contributed by atoms with van der Waals surface area (Å²) in [5.74, 6) is -4.40. The number of hydrogen-bond donors (Lipinski definition) is 2. The first-order valence-corrected chi connectivity index (χ1v) is 14.4. The first kappa shape index (κ1) is 29.6. The molecule has 6 rings (SSSR count). The highest BCUT2D eigenvalue weighted by Gasteiger charge is 2.44. The van der Waals surface area contributed by atoms with Gasteiger partial charge in [0.25, 0.3) is 23.6 Å². The SMILES string of the molecule is O=C(ON1CCC[C@@H](N2C(=O)c3ccccc3C2=O)C1)C(O)C(O)C(=O)ON1CCC[C@@H](N2C(=O)c3ccccc3C2=O)C1. The minimum absolute atomic E-state index is 0.0164. The molecule has 4 amide bonds. The number of aliphatic hydroxyl groups is 2. The Bertz CT molecular complexity index is 1360. The van der Waals surface area contributed by atoms with Crippen molar-refractivity contribution < 1.29 is 48.7 Å². The number of piperidine rings is 2. The lowest BCUT2D eigenvalue weighted by Gasteiger charge is -2.36. The van der Waals surface area contributed by atoms with Crippen molar-refractivity contribution in [2.45, 2.75) is 50.0 Å². The van der Waals surface area contributed by atoms with Crippen LogP contribution in [0.3, 0.4) is 0 Å². The topological polar surface area (TPSA) is 174 Å². The fourth-order valence-corrected chi connectivity index (χ4v) is 6.13. The van der Waals surface area contributed by atoms with Gasteiger partial charge in [0.15, 0.2) is 12.2 Å². The number of hydroxylamine groups is 4. The molecular weight excluding hydrogens is 576 g/mol. The van der Waals surface area contributed by atoms with Crippen molar-refractivity contribution in [3.63, 3.8) is 0 Å². The van der Waals surface area contributed by atoms with E-state index in [1.54, 1.807) is 48.5 Å². The van der Waals surface area contributed by atoms with Crippen molar-refractivity contribution in [1.29, 1.82) is 0 Å². The maximum Gasteiger partial charge on any atom is 0.357 e. The van der Waals surface area contributed by atoms with Crippen LogP contribution < -0.4 is 0 Å². The molecule has 44 heavy (non-hydrogen) atoms. The third-order valence-corrected chi connectivity index (χ3v) is 8.32. The number of benzene rings is 2. The van der Waals surface area contributed by atoms with Crippen molar-refractivity contribution in [3.05, 3.63) is 70.8 Å². The van der Waals surface area contributed by atoms with Gasteiger partial charge in [-0.25, -0.2) is 9.59 Å². The molecular formula is C30H30N4O10. The lowest BCUT2D eigenvalue weighted by molar-refractivity contribution is -0.224. The summed E-state index contributed by atoms with van der Waals surface area (Å²) in [7, 11) is 0. The molecule has 0 bridgehead atoms. The molecule has 2 aromatic rings. The standard InChI is InChI=1S/C30H30N4O10/c35-23(29(41)43-31-13-5-7-17(15-31)33-25(37)19-9-1-2-10-20(19)26(33)38)24(36)30(42)44-32-14-6-8-18(16-32)34-27(39)21-11-3-4-12-22(21)28(34)40/h1-4,9-12,17-18,23-24,35-36H,5-8,13-16H2/t17-,18-,23?,24?/m1/s1. The quantitative estimate of drug-likeness (QED) is 0.409. The van der Waals surface area contributed by atoms with Crippen LogP contribution in [-0.4, -0.2) is 116 Å². The molecule has 4 aliphatic heterocycles. The molecule has 0 radical (unpaired) electrons. The number of amides is 4. The molecule has 4 aliphatic rings. The second-order valence-electron chi connectivity index (χ2n) is 11.1. The minimum Gasteiger partial charge on any atom is -0.379 e. The van der Waals surface area contributed by atoms with E-state index in [4.69, 9.17) is 9.68 Å². The number of carbonyl (C=O) groups excluding carboxylic acids is 6. The number of hydrogen-bond acceptors (Lipinski definition) is 12. The van der Waals surface area contributed by atoms with Crippen LogP contribution in [-0.2, 0) is 19.3 Å². The summed E-state index contributed by atoms with van der Waals surface area (Å²) in [4.78, 5) is 89.5. The van der Waals surface area contributed by atoms with Crippen LogP contribution >= 0.6 is 0 Å². The second kappa shape index (κ2) is 11.9. The van der Waals surface area contributed by atoms with Crippen LogP contribution in [0.4, 0.5) is 0 Å². The summed E-state index contributed by atoms with van der Waals surface area (Å²) >= 11 is 0. The van der Waals surface area contributed by atoms with E-state index in [1.807, 2.05) is 0 Å². The molecule has 2 aromatic carbocycles. The Morgan fingerprint density at radius 1 is 0.614 bits per heavy atom. The average Bonchev–Trinajstić information content (AvgIpc) is 3.44. The van der Waals surface area contributed by atoms with Crippen molar-refractivity contribution in [3.8, 4) is 0 Å². The Balaban J connectivity index is 1.02. The number of fused-ring (bicyclic) bond motifs is 2. The van der Waals surface area contributed by atoms with E-state index in [2.05, 4.69) is 0 Å². The summed E-state index contributed by atoms with van der Waals surface area (Å²) in [5, 5.41) is 23.2. The highest BCUT2D eigenvalue weighted by atomic mass is 16.7. The number of nitrogens with zero attached hydrogens (tertiary/aromatic N) is 4.